The second kappa shape index (κ2) is 8.31. The molecule has 0 aliphatic heterocycles. The van der Waals surface area contributed by atoms with E-state index in [0.717, 1.165) is 24.3 Å². The average molecular weight is 502 g/mol. The Morgan fingerprint density at radius 1 is 0.760 bits per heavy atom. The molecule has 0 saturated heterocycles. The van der Waals surface area contributed by atoms with Gasteiger partial charge in [0.25, 0.3) is 7.14 Å². The molecular weight excluding hydrogens is 496 g/mol. The van der Waals surface area contributed by atoms with Gasteiger partial charge in [-0.05, 0) is 24.3 Å². The lowest BCUT2D eigenvalue weighted by Gasteiger charge is -2.08. The summed E-state index contributed by atoms with van der Waals surface area (Å²) in [5.74, 6) is -3.05. The maximum absolute atomic E-state index is 13.3. The summed E-state index contributed by atoms with van der Waals surface area (Å²) >= 11 is -1.56. The Hall–Kier alpha value is -1.41. The third-order valence-corrected chi connectivity index (χ3v) is 5.99. The fourth-order valence-corrected chi connectivity index (χ4v) is 3.52. The van der Waals surface area contributed by atoms with Gasteiger partial charge in [-0.25, -0.2) is 26.0 Å². The molecule has 0 heterocycles. The van der Waals surface area contributed by atoms with E-state index < -0.39 is 60.1 Å². The van der Waals surface area contributed by atoms with Crippen LogP contribution < -0.4 is 21.2 Å². The Bertz CT molecular complexity index is 763. The van der Waals surface area contributed by atoms with Gasteiger partial charge in [-0.3, -0.25) is 0 Å². The van der Waals surface area contributed by atoms with E-state index in [-0.39, 0.29) is 7.14 Å². The van der Waals surface area contributed by atoms with Gasteiger partial charge in [0.2, 0.25) is 0 Å². The average Bonchev–Trinajstić information content (AvgIpc) is 2.44. The van der Waals surface area contributed by atoms with Gasteiger partial charge in [0.15, 0.2) is 33.4 Å². The van der Waals surface area contributed by atoms with Gasteiger partial charge < -0.3 is 4.55 Å². The zero-order valence-electron chi connectivity index (χ0n) is 11.6. The first-order valence-electron chi connectivity index (χ1n) is 5.89. The van der Waals surface area contributed by atoms with Crippen molar-refractivity contribution in [2.75, 3.05) is 0 Å². The van der Waals surface area contributed by atoms with E-state index in [1.807, 2.05) is 0 Å². The lowest BCUT2D eigenvalue weighted by molar-refractivity contribution is -0.609. The highest BCUT2D eigenvalue weighted by Crippen LogP contribution is 2.20. The molecule has 0 saturated carbocycles. The van der Waals surface area contributed by atoms with Gasteiger partial charge in [0.05, 0.1) is 0 Å². The van der Waals surface area contributed by atoms with Gasteiger partial charge >= 0.3 is 26.7 Å². The molecule has 3 nitrogen and oxygen atoms in total. The van der Waals surface area contributed by atoms with Crippen molar-refractivity contribution in [3.63, 3.8) is 0 Å². The largest absolute Gasteiger partial charge is 0.741 e. The quantitative estimate of drug-likeness (QED) is 0.197. The van der Waals surface area contributed by atoms with Crippen LogP contribution in [0.2, 0.25) is 0 Å². The summed E-state index contributed by atoms with van der Waals surface area (Å²) in [4.78, 5) is 0. The normalized spacial score (nSPS) is 11.7. The lowest BCUT2D eigenvalue weighted by Crippen LogP contribution is -3.62. The first-order chi connectivity index (χ1) is 11.3. The molecule has 2 rings (SSSR count). The standard InChI is InChI=1S/C12H6F4I.CHF3O3S/c13-7-3-1-4-8(14)11(7)17-12-9(15)5-2-6-10(12)16;2-1(3,4)8(5,6)7/h1-6H;(H,5,6,7)/q+1;/p-1. The van der Waals surface area contributed by atoms with Crippen LogP contribution in [0.3, 0.4) is 0 Å². The molecule has 0 atom stereocenters. The zero-order valence-corrected chi connectivity index (χ0v) is 14.6. The molecule has 0 radical (unpaired) electrons. The highest BCUT2D eigenvalue weighted by molar-refractivity contribution is 7.86. The first-order valence-corrected chi connectivity index (χ1v) is 9.46. The number of benzene rings is 2. The summed E-state index contributed by atoms with van der Waals surface area (Å²) in [7, 11) is -6.09. The van der Waals surface area contributed by atoms with Crippen LogP contribution in [0.25, 0.3) is 0 Å². The van der Waals surface area contributed by atoms with Crippen molar-refractivity contribution < 1.29 is 64.9 Å². The second-order valence-corrected chi connectivity index (χ2v) is 8.13. The van der Waals surface area contributed by atoms with E-state index in [9.17, 15) is 30.7 Å². The molecule has 2 aromatic rings. The number of rotatable bonds is 2. The monoisotopic (exact) mass is 502 g/mol. The van der Waals surface area contributed by atoms with Crippen molar-refractivity contribution in [3.8, 4) is 0 Å². The summed E-state index contributed by atoms with van der Waals surface area (Å²) in [6.45, 7) is 0. The molecule has 0 N–H and O–H groups in total. The number of hydrogen-bond donors (Lipinski definition) is 0. The lowest BCUT2D eigenvalue weighted by atomic mass is 10.3. The van der Waals surface area contributed by atoms with Crippen molar-refractivity contribution in [2.24, 2.45) is 0 Å². The molecule has 2 aromatic carbocycles. The number of alkyl halides is 3. The fourth-order valence-electron chi connectivity index (χ4n) is 1.23. The summed E-state index contributed by atoms with van der Waals surface area (Å²) < 4.78 is 112. The predicted molar refractivity (Wildman–Crippen MR) is 65.9 cm³/mol. The SMILES string of the molecule is Fc1cccc(F)c1[I+]c1c(F)cccc1F.O=S(=O)([O-])C(F)(F)F. The van der Waals surface area contributed by atoms with Crippen LogP contribution in [0, 0.1) is 30.4 Å². The summed E-state index contributed by atoms with van der Waals surface area (Å²) in [6.07, 6.45) is 0. The van der Waals surface area contributed by atoms with Crippen molar-refractivity contribution in [3.05, 3.63) is 66.8 Å². The predicted octanol–water partition coefficient (Wildman–Crippen LogP) is 0.423. The van der Waals surface area contributed by atoms with Crippen LogP contribution in [-0.2, 0) is 10.1 Å². The minimum absolute atomic E-state index is 0.227. The topological polar surface area (TPSA) is 57.2 Å². The van der Waals surface area contributed by atoms with Crippen LogP contribution in [0.4, 0.5) is 30.7 Å². The van der Waals surface area contributed by atoms with E-state index in [2.05, 4.69) is 0 Å². The minimum Gasteiger partial charge on any atom is -0.741 e. The van der Waals surface area contributed by atoms with Crippen LogP contribution in [0.1, 0.15) is 0 Å². The molecule has 0 bridgehead atoms. The van der Waals surface area contributed by atoms with E-state index in [1.54, 1.807) is 0 Å². The Morgan fingerprint density at radius 2 is 1.00 bits per heavy atom. The first kappa shape index (κ1) is 21.6. The Kier molecular flexibility index (Phi) is 7.19. The van der Waals surface area contributed by atoms with Crippen molar-refractivity contribution >= 4 is 10.1 Å². The Balaban J connectivity index is 0.000000333. The van der Waals surface area contributed by atoms with E-state index in [1.165, 1.54) is 12.1 Å². The van der Waals surface area contributed by atoms with Crippen molar-refractivity contribution in [1.82, 2.24) is 0 Å². The summed E-state index contributed by atoms with van der Waals surface area (Å²) in [5, 5.41) is 0. The number of hydrogen-bond acceptors (Lipinski definition) is 3. The molecule has 0 aromatic heterocycles. The molecule has 12 heteroatoms. The number of halogens is 8. The van der Waals surface area contributed by atoms with E-state index in [4.69, 9.17) is 13.0 Å². The van der Waals surface area contributed by atoms with Gasteiger partial charge in [0, 0.05) is 0 Å². The maximum Gasteiger partial charge on any atom is 0.485 e. The summed E-state index contributed by atoms with van der Waals surface area (Å²) in [5.41, 5.74) is -5.65. The maximum atomic E-state index is 13.3. The third kappa shape index (κ3) is 6.11. The molecule has 0 fully saturated rings. The zero-order chi connectivity index (χ0) is 19.4. The second-order valence-electron chi connectivity index (χ2n) is 4.07. The molecule has 25 heavy (non-hydrogen) atoms. The smallest absolute Gasteiger partial charge is 0.485 e. The van der Waals surface area contributed by atoms with Crippen molar-refractivity contribution in [1.29, 1.82) is 0 Å². The van der Waals surface area contributed by atoms with Gasteiger partial charge in [-0.1, -0.05) is 12.1 Å². The Labute approximate surface area is 147 Å². The van der Waals surface area contributed by atoms with Gasteiger partial charge in [-0.2, -0.15) is 13.2 Å². The van der Waals surface area contributed by atoms with Crippen LogP contribution in [-0.4, -0.2) is 18.5 Å². The molecule has 0 spiro atoms. The van der Waals surface area contributed by atoms with Crippen LogP contribution in [0.15, 0.2) is 36.4 Å². The van der Waals surface area contributed by atoms with Crippen LogP contribution in [0.5, 0.6) is 0 Å². The van der Waals surface area contributed by atoms with E-state index >= 15 is 0 Å². The highest BCUT2D eigenvalue weighted by Gasteiger charge is 2.37. The minimum atomic E-state index is -6.09. The molecular formula is C13H6F7IO3S. The molecule has 0 aliphatic rings. The fraction of sp³-hybridized carbons (Fsp3) is 0.0769. The third-order valence-electron chi connectivity index (χ3n) is 2.28. The van der Waals surface area contributed by atoms with Gasteiger partial charge in [-0.15, -0.1) is 0 Å². The molecule has 0 unspecified atom stereocenters. The summed E-state index contributed by atoms with van der Waals surface area (Å²) in [6, 6.07) is 6.76. The van der Waals surface area contributed by atoms with Gasteiger partial charge in [0.1, 0.15) is 0 Å². The Morgan fingerprint density at radius 3 is 1.20 bits per heavy atom. The highest BCUT2D eigenvalue weighted by atomic mass is 127. The van der Waals surface area contributed by atoms with E-state index in [0.29, 0.717) is 0 Å². The van der Waals surface area contributed by atoms with Crippen LogP contribution >= 0.6 is 0 Å². The molecule has 0 aliphatic carbocycles. The van der Waals surface area contributed by atoms with Crippen molar-refractivity contribution in [2.45, 2.75) is 5.51 Å². The molecule has 138 valence electrons. The molecule has 0 amide bonds.